The first kappa shape index (κ1) is 17.4. The minimum Gasteiger partial charge on any atom is -0.485 e. The molecule has 0 fully saturated rings. The maximum absolute atomic E-state index is 8.78. The Morgan fingerprint density at radius 3 is 2.45 bits per heavy atom. The molecule has 2 unspecified atom stereocenters. The molecular formula is C36H23N3O. The Morgan fingerprint density at radius 2 is 1.55 bits per heavy atom. The van der Waals surface area contributed by atoms with E-state index >= 15 is 0 Å². The molecule has 0 bridgehead atoms. The first-order valence-corrected chi connectivity index (χ1v) is 13.3. The van der Waals surface area contributed by atoms with Gasteiger partial charge in [-0.2, -0.15) is 0 Å². The van der Waals surface area contributed by atoms with E-state index in [0.717, 1.165) is 43.9 Å². The Balaban J connectivity index is 1.45. The quantitative estimate of drug-likeness (QED) is 0.230. The molecule has 7 aromatic rings. The molecule has 1 aliphatic carbocycles. The van der Waals surface area contributed by atoms with Crippen molar-refractivity contribution in [3.63, 3.8) is 0 Å². The summed E-state index contributed by atoms with van der Waals surface area (Å²) in [5.41, 5.74) is 3.79. The monoisotopic (exact) mass is 518 g/mol. The van der Waals surface area contributed by atoms with Gasteiger partial charge in [0.05, 0.1) is 29.1 Å². The van der Waals surface area contributed by atoms with Crippen LogP contribution in [0.4, 0.5) is 0 Å². The fourth-order valence-corrected chi connectivity index (χ4v) is 6.26. The molecule has 40 heavy (non-hydrogen) atoms. The van der Waals surface area contributed by atoms with Gasteiger partial charge in [-0.25, -0.2) is 9.97 Å². The Bertz CT molecular complexity index is 2470. The predicted molar refractivity (Wildman–Crippen MR) is 162 cm³/mol. The Morgan fingerprint density at radius 1 is 0.750 bits per heavy atom. The van der Waals surface area contributed by atoms with Crippen molar-refractivity contribution < 1.29 is 11.6 Å². The first-order chi connectivity index (χ1) is 21.9. The van der Waals surface area contributed by atoms with Crippen LogP contribution in [-0.2, 0) is 0 Å². The summed E-state index contributed by atoms with van der Waals surface area (Å²) in [5.74, 6) is 1.14. The number of aromatic nitrogens is 3. The lowest BCUT2D eigenvalue weighted by Gasteiger charge is -2.16. The molecule has 9 rings (SSSR count). The highest BCUT2D eigenvalue weighted by molar-refractivity contribution is 6.15. The number of allylic oxidation sites excluding steroid dienone is 2. The first-order valence-electron chi connectivity index (χ1n) is 15.8. The highest BCUT2D eigenvalue weighted by Crippen LogP contribution is 2.48. The van der Waals surface area contributed by atoms with E-state index in [4.69, 9.17) is 21.6 Å². The number of hydrogen-bond acceptors (Lipinski definition) is 3. The van der Waals surface area contributed by atoms with Crippen LogP contribution >= 0.6 is 0 Å². The van der Waals surface area contributed by atoms with E-state index in [1.165, 1.54) is 0 Å². The fourth-order valence-electron chi connectivity index (χ4n) is 6.26. The second-order valence-corrected chi connectivity index (χ2v) is 10.2. The summed E-state index contributed by atoms with van der Waals surface area (Å²) in [5, 5.41) is 4.83. The topological polar surface area (TPSA) is 39.9 Å². The molecule has 1 aliphatic heterocycles. The Kier molecular flexibility index (Phi) is 3.54. The van der Waals surface area contributed by atoms with E-state index in [9.17, 15) is 0 Å². The van der Waals surface area contributed by atoms with Crippen LogP contribution < -0.4 is 4.74 Å². The minimum absolute atomic E-state index is 0.00728. The number of benzene rings is 5. The Labute approximate surface area is 237 Å². The van der Waals surface area contributed by atoms with Gasteiger partial charge in [0, 0.05) is 33.2 Å². The Hall–Kier alpha value is -5.22. The van der Waals surface area contributed by atoms with Crippen LogP contribution in [0, 0.1) is 0 Å². The van der Waals surface area contributed by atoms with Gasteiger partial charge in [-0.05, 0) is 47.2 Å². The number of ether oxygens (including phenoxy) is 1. The molecule has 4 nitrogen and oxygen atoms in total. The number of fused-ring (bicyclic) bond motifs is 9. The fraction of sp³-hybridized carbons (Fsp3) is 0.0556. The molecule has 2 atom stereocenters. The summed E-state index contributed by atoms with van der Waals surface area (Å²) in [7, 11) is 0. The zero-order valence-corrected chi connectivity index (χ0v) is 21.1. The summed E-state index contributed by atoms with van der Waals surface area (Å²) < 4.78 is 50.9. The summed E-state index contributed by atoms with van der Waals surface area (Å²) in [6.45, 7) is 0. The predicted octanol–water partition coefficient (Wildman–Crippen LogP) is 8.52. The van der Waals surface area contributed by atoms with Crippen LogP contribution in [0.25, 0.3) is 60.7 Å². The lowest BCUT2D eigenvalue weighted by atomic mass is 9.90. The molecule has 0 saturated carbocycles. The van der Waals surface area contributed by atoms with Crippen LogP contribution in [0.15, 0.2) is 127 Å². The maximum Gasteiger partial charge on any atom is 0.235 e. The molecule has 188 valence electrons. The van der Waals surface area contributed by atoms with Gasteiger partial charge in [0.2, 0.25) is 5.95 Å². The van der Waals surface area contributed by atoms with Crippen molar-refractivity contribution in [1.29, 1.82) is 0 Å². The normalized spacial score (nSPS) is 19.2. The van der Waals surface area contributed by atoms with Crippen LogP contribution in [0.5, 0.6) is 5.75 Å². The van der Waals surface area contributed by atoms with Gasteiger partial charge in [0.1, 0.15) is 11.9 Å². The van der Waals surface area contributed by atoms with E-state index in [2.05, 4.69) is 47.1 Å². The number of hydrogen-bond donors (Lipinski definition) is 0. The largest absolute Gasteiger partial charge is 0.485 e. The molecule has 5 aromatic carbocycles. The van der Waals surface area contributed by atoms with Crippen molar-refractivity contribution in [2.75, 3.05) is 0 Å². The standard InChI is InChI=1S/C36H23N3O/c1-2-10-22(11-3-1)34-26-14-6-8-16-29(26)37-36(38-34)39-30-21-24-13-5-4-12-23(24)20-28(30)25-18-19-32-33(35(25)39)27-15-7-9-17-31(27)40-32/h1-21,27,31H/i1D,2D,3D,10D,11D. The molecule has 0 radical (unpaired) electrons. The van der Waals surface area contributed by atoms with Crippen molar-refractivity contribution in [2.24, 2.45) is 0 Å². The third kappa shape index (κ3) is 3.02. The summed E-state index contributed by atoms with van der Waals surface area (Å²) >= 11 is 0. The molecule has 0 N–H and O–H groups in total. The highest BCUT2D eigenvalue weighted by Gasteiger charge is 2.36. The number of rotatable bonds is 2. The zero-order valence-electron chi connectivity index (χ0n) is 26.1. The van der Waals surface area contributed by atoms with E-state index in [1.54, 1.807) is 0 Å². The second-order valence-electron chi connectivity index (χ2n) is 10.2. The van der Waals surface area contributed by atoms with E-state index in [0.29, 0.717) is 16.9 Å². The van der Waals surface area contributed by atoms with Crippen molar-refractivity contribution in [3.05, 3.63) is 133 Å². The molecular weight excluding hydrogens is 490 g/mol. The summed E-state index contributed by atoms with van der Waals surface area (Å²) in [6, 6.07) is 22.2. The van der Waals surface area contributed by atoms with E-state index < -0.39 is 18.1 Å². The van der Waals surface area contributed by atoms with Crippen molar-refractivity contribution in [3.8, 4) is 23.0 Å². The third-order valence-electron chi connectivity index (χ3n) is 8.00. The smallest absolute Gasteiger partial charge is 0.235 e. The molecule has 0 saturated heterocycles. The van der Waals surface area contributed by atoms with Crippen molar-refractivity contribution in [1.82, 2.24) is 14.5 Å². The lowest BCUT2D eigenvalue weighted by Crippen LogP contribution is -2.16. The molecule has 2 aromatic heterocycles. The van der Waals surface area contributed by atoms with Crippen LogP contribution in [0.1, 0.15) is 18.3 Å². The van der Waals surface area contributed by atoms with Crippen LogP contribution in [0.2, 0.25) is 0 Å². The van der Waals surface area contributed by atoms with Gasteiger partial charge in [-0.15, -0.1) is 0 Å². The summed E-state index contributed by atoms with van der Waals surface area (Å²) in [6.07, 6.45) is 8.16. The summed E-state index contributed by atoms with van der Waals surface area (Å²) in [4.78, 5) is 10.1. The SMILES string of the molecule is [2H]c1c([2H])c([2H])c(-c2nc(-n3c4cc5ccccc5cc4c4ccc5c(c43)C3C=CC=CC3O5)nc3ccccc23)c([2H])c1[2H]. The van der Waals surface area contributed by atoms with E-state index in [1.807, 2.05) is 54.6 Å². The van der Waals surface area contributed by atoms with Gasteiger partial charge in [-0.1, -0.05) is 90.9 Å². The highest BCUT2D eigenvalue weighted by atomic mass is 16.5. The molecule has 0 spiro atoms. The molecule has 0 amide bonds. The average Bonchev–Trinajstić information content (AvgIpc) is 3.60. The minimum atomic E-state index is -0.443. The second kappa shape index (κ2) is 8.14. The van der Waals surface area contributed by atoms with Gasteiger partial charge >= 0.3 is 0 Å². The third-order valence-corrected chi connectivity index (χ3v) is 8.00. The lowest BCUT2D eigenvalue weighted by molar-refractivity contribution is 0.269. The number of nitrogens with zero attached hydrogens (tertiary/aromatic N) is 3. The van der Waals surface area contributed by atoms with Gasteiger partial charge < -0.3 is 4.74 Å². The maximum atomic E-state index is 8.78. The van der Waals surface area contributed by atoms with Crippen molar-refractivity contribution >= 4 is 43.5 Å². The van der Waals surface area contributed by atoms with Crippen LogP contribution in [0.3, 0.4) is 0 Å². The van der Waals surface area contributed by atoms with Gasteiger partial charge in [-0.3, -0.25) is 4.57 Å². The zero-order chi connectivity index (χ0) is 30.6. The van der Waals surface area contributed by atoms with Gasteiger partial charge in [0.15, 0.2) is 0 Å². The molecule has 4 heteroatoms. The molecule has 3 heterocycles. The van der Waals surface area contributed by atoms with E-state index in [-0.39, 0.29) is 35.4 Å². The average molecular weight is 519 g/mol. The van der Waals surface area contributed by atoms with Crippen molar-refractivity contribution in [2.45, 2.75) is 12.0 Å². The molecule has 2 aliphatic rings. The van der Waals surface area contributed by atoms with Gasteiger partial charge in [0.25, 0.3) is 0 Å². The number of para-hydroxylation sites is 1. The van der Waals surface area contributed by atoms with Crippen LogP contribution in [-0.4, -0.2) is 20.6 Å².